The lowest BCUT2D eigenvalue weighted by Gasteiger charge is -2.25. The number of carbonyl (C=O) groups is 1. The molecule has 1 heterocycles. The Morgan fingerprint density at radius 3 is 2.60 bits per heavy atom. The maximum absolute atomic E-state index is 12.2. The quantitative estimate of drug-likeness (QED) is 0.513. The third kappa shape index (κ3) is 7.21. The van der Waals surface area contributed by atoms with E-state index in [2.05, 4.69) is 39.3 Å². The number of rotatable bonds is 11. The number of ether oxygens (including phenoxy) is 1. The van der Waals surface area contributed by atoms with E-state index in [1.165, 1.54) is 6.42 Å². The summed E-state index contributed by atoms with van der Waals surface area (Å²) in [6, 6.07) is 0.134. The Labute approximate surface area is 154 Å². The summed E-state index contributed by atoms with van der Waals surface area (Å²) in [6.07, 6.45) is 5.90. The van der Waals surface area contributed by atoms with Crippen molar-refractivity contribution < 1.29 is 9.53 Å². The van der Waals surface area contributed by atoms with Gasteiger partial charge in [0.15, 0.2) is 5.90 Å². The fourth-order valence-corrected chi connectivity index (χ4v) is 3.21. The summed E-state index contributed by atoms with van der Waals surface area (Å²) in [5.74, 6) is 3.05. The van der Waals surface area contributed by atoms with E-state index in [0.29, 0.717) is 24.4 Å². The molecule has 0 spiro atoms. The zero-order valence-electron chi connectivity index (χ0n) is 17.1. The van der Waals surface area contributed by atoms with Gasteiger partial charge >= 0.3 is 0 Å². The average molecular weight is 351 g/mol. The Morgan fingerprint density at radius 1 is 1.36 bits per heavy atom. The average Bonchev–Trinajstić information content (AvgIpc) is 3.05. The van der Waals surface area contributed by atoms with E-state index < -0.39 is 0 Å². The first-order valence-corrected chi connectivity index (χ1v) is 9.85. The van der Waals surface area contributed by atoms with Crippen molar-refractivity contribution in [3.8, 4) is 0 Å². The molecule has 0 unspecified atom stereocenters. The second kappa shape index (κ2) is 10.6. The van der Waals surface area contributed by atoms with Crippen molar-refractivity contribution in [3.63, 3.8) is 0 Å². The van der Waals surface area contributed by atoms with Crippen molar-refractivity contribution in [1.29, 1.82) is 0 Å². The molecular weight excluding hydrogens is 312 g/mol. The van der Waals surface area contributed by atoms with Gasteiger partial charge in [0.2, 0.25) is 5.91 Å². The molecule has 25 heavy (non-hydrogen) atoms. The van der Waals surface area contributed by atoms with Gasteiger partial charge in [-0.1, -0.05) is 40.7 Å². The molecule has 0 fully saturated rings. The van der Waals surface area contributed by atoms with Crippen LogP contribution in [0.2, 0.25) is 0 Å². The molecule has 0 aromatic rings. The standard InChI is InChI=1S/C21H38N2O2/c1-8-16(4)21(24)23(7)11-10-15(3)12-17(5)18(6)13-20-22-19(9-2)14-25-20/h9,15-19H,2,8,10-14H2,1,3-7H3/t15-,16-,17+,18-,19-/m1/s1. The van der Waals surface area contributed by atoms with Gasteiger partial charge in [0.05, 0.1) is 0 Å². The molecule has 0 aromatic heterocycles. The maximum atomic E-state index is 12.2. The number of aliphatic imine (C=N–C) groups is 1. The van der Waals surface area contributed by atoms with Crippen molar-refractivity contribution in [2.75, 3.05) is 20.2 Å². The molecule has 0 N–H and O–H groups in total. The van der Waals surface area contributed by atoms with E-state index in [4.69, 9.17) is 4.74 Å². The highest BCUT2D eigenvalue weighted by atomic mass is 16.5. The largest absolute Gasteiger partial charge is 0.478 e. The van der Waals surface area contributed by atoms with E-state index in [-0.39, 0.29) is 17.9 Å². The molecule has 1 aliphatic heterocycles. The molecule has 144 valence electrons. The summed E-state index contributed by atoms with van der Waals surface area (Å²) >= 11 is 0. The van der Waals surface area contributed by atoms with Crippen molar-refractivity contribution in [2.45, 2.75) is 66.3 Å². The van der Waals surface area contributed by atoms with Gasteiger partial charge in [-0.25, -0.2) is 4.99 Å². The van der Waals surface area contributed by atoms with Gasteiger partial charge in [-0.05, 0) is 37.0 Å². The van der Waals surface area contributed by atoms with Gasteiger partial charge in [-0.3, -0.25) is 4.79 Å². The molecule has 4 nitrogen and oxygen atoms in total. The highest BCUT2D eigenvalue weighted by Gasteiger charge is 2.23. The Hall–Kier alpha value is -1.32. The van der Waals surface area contributed by atoms with Crippen molar-refractivity contribution in [2.24, 2.45) is 28.7 Å². The van der Waals surface area contributed by atoms with Crippen molar-refractivity contribution >= 4 is 11.8 Å². The van der Waals surface area contributed by atoms with Gasteiger partial charge in [-0.15, -0.1) is 6.58 Å². The lowest BCUT2D eigenvalue weighted by atomic mass is 9.84. The summed E-state index contributed by atoms with van der Waals surface area (Å²) < 4.78 is 5.66. The minimum Gasteiger partial charge on any atom is -0.478 e. The van der Waals surface area contributed by atoms with Gasteiger partial charge in [0, 0.05) is 25.9 Å². The SMILES string of the molecule is C=C[C@@H]1COC(C[C@@H](C)[C@@H](C)C[C@H](C)CCN(C)C(=O)[C@H](C)CC)=N1. The lowest BCUT2D eigenvalue weighted by molar-refractivity contribution is -0.133. The molecule has 5 atom stereocenters. The summed E-state index contributed by atoms with van der Waals surface area (Å²) in [5, 5.41) is 0. The molecule has 1 aliphatic rings. The molecule has 0 saturated carbocycles. The number of hydrogen-bond donors (Lipinski definition) is 0. The zero-order valence-corrected chi connectivity index (χ0v) is 17.1. The van der Waals surface area contributed by atoms with Crippen LogP contribution < -0.4 is 0 Å². The molecule has 0 saturated heterocycles. The number of amides is 1. The van der Waals surface area contributed by atoms with Crippen LogP contribution in [0, 0.1) is 23.7 Å². The van der Waals surface area contributed by atoms with Crippen LogP contribution in [-0.4, -0.2) is 42.9 Å². The number of carbonyl (C=O) groups excluding carboxylic acids is 1. The van der Waals surface area contributed by atoms with Gasteiger partial charge in [-0.2, -0.15) is 0 Å². The Morgan fingerprint density at radius 2 is 2.04 bits per heavy atom. The van der Waals surface area contributed by atoms with E-state index >= 15 is 0 Å². The minimum absolute atomic E-state index is 0.130. The summed E-state index contributed by atoms with van der Waals surface area (Å²) in [7, 11) is 1.93. The second-order valence-electron chi connectivity index (χ2n) is 7.99. The van der Waals surface area contributed by atoms with Gasteiger partial charge in [0.25, 0.3) is 0 Å². The summed E-state index contributed by atoms with van der Waals surface area (Å²) in [6.45, 7) is 16.2. The monoisotopic (exact) mass is 350 g/mol. The zero-order chi connectivity index (χ0) is 19.0. The first kappa shape index (κ1) is 21.7. The van der Waals surface area contributed by atoms with Crippen LogP contribution in [-0.2, 0) is 9.53 Å². The topological polar surface area (TPSA) is 41.9 Å². The summed E-state index contributed by atoms with van der Waals surface area (Å²) in [5.41, 5.74) is 0. The Balaban J connectivity index is 2.34. The molecule has 4 heteroatoms. The third-order valence-corrected chi connectivity index (χ3v) is 5.61. The normalized spacial score (nSPS) is 21.7. The smallest absolute Gasteiger partial charge is 0.225 e. The van der Waals surface area contributed by atoms with Crippen LogP contribution in [0.3, 0.4) is 0 Å². The molecular formula is C21H38N2O2. The van der Waals surface area contributed by atoms with Crippen molar-refractivity contribution in [3.05, 3.63) is 12.7 Å². The minimum atomic E-state index is 0.130. The van der Waals surface area contributed by atoms with Crippen LogP contribution >= 0.6 is 0 Å². The molecule has 0 aliphatic carbocycles. The molecule has 1 rings (SSSR count). The fraction of sp³-hybridized carbons (Fsp3) is 0.810. The highest BCUT2D eigenvalue weighted by Crippen LogP contribution is 2.26. The van der Waals surface area contributed by atoms with Crippen LogP contribution in [0.4, 0.5) is 0 Å². The summed E-state index contributed by atoms with van der Waals surface area (Å²) in [4.78, 5) is 18.6. The van der Waals surface area contributed by atoms with E-state index in [0.717, 1.165) is 31.7 Å². The van der Waals surface area contributed by atoms with Gasteiger partial charge in [0.1, 0.15) is 12.6 Å². The highest BCUT2D eigenvalue weighted by molar-refractivity contribution is 5.78. The third-order valence-electron chi connectivity index (χ3n) is 5.61. The molecule has 0 radical (unpaired) electrons. The number of hydrogen-bond acceptors (Lipinski definition) is 3. The Bertz CT molecular complexity index is 461. The maximum Gasteiger partial charge on any atom is 0.225 e. The van der Waals surface area contributed by atoms with Crippen LogP contribution in [0.1, 0.15) is 60.3 Å². The molecule has 0 bridgehead atoms. The molecule has 0 aromatic carbocycles. The first-order chi connectivity index (χ1) is 11.8. The Kier molecular flexibility index (Phi) is 9.23. The predicted octanol–water partition coefficient (Wildman–Crippen LogP) is 4.55. The van der Waals surface area contributed by atoms with Gasteiger partial charge < -0.3 is 9.64 Å². The van der Waals surface area contributed by atoms with E-state index in [1.807, 2.05) is 24.9 Å². The second-order valence-corrected chi connectivity index (χ2v) is 7.99. The van der Waals surface area contributed by atoms with Crippen LogP contribution in [0.15, 0.2) is 17.6 Å². The van der Waals surface area contributed by atoms with Crippen LogP contribution in [0.25, 0.3) is 0 Å². The van der Waals surface area contributed by atoms with E-state index in [9.17, 15) is 4.79 Å². The van der Waals surface area contributed by atoms with Crippen LogP contribution in [0.5, 0.6) is 0 Å². The fourth-order valence-electron chi connectivity index (χ4n) is 3.21. The lowest BCUT2D eigenvalue weighted by Crippen LogP contribution is -2.33. The van der Waals surface area contributed by atoms with Crippen molar-refractivity contribution in [1.82, 2.24) is 4.90 Å². The number of nitrogens with zero attached hydrogens (tertiary/aromatic N) is 2. The predicted molar refractivity (Wildman–Crippen MR) is 106 cm³/mol. The molecule has 1 amide bonds. The van der Waals surface area contributed by atoms with E-state index in [1.54, 1.807) is 0 Å². The first-order valence-electron chi connectivity index (χ1n) is 9.85.